The van der Waals surface area contributed by atoms with E-state index in [1.807, 2.05) is 16.9 Å². The van der Waals surface area contributed by atoms with E-state index in [0.29, 0.717) is 5.95 Å². The molecule has 3 heterocycles. The molecule has 1 aliphatic heterocycles. The van der Waals surface area contributed by atoms with Crippen LogP contribution in [-0.4, -0.2) is 50.8 Å². The van der Waals surface area contributed by atoms with E-state index < -0.39 is 0 Å². The Morgan fingerprint density at radius 3 is 2.57 bits per heavy atom. The second-order valence-corrected chi connectivity index (χ2v) is 7.07. The highest BCUT2D eigenvalue weighted by Gasteiger charge is 2.18. The number of piperazine rings is 1. The normalized spacial score (nSPS) is 15.8. The van der Waals surface area contributed by atoms with E-state index in [1.54, 1.807) is 12.4 Å². The summed E-state index contributed by atoms with van der Waals surface area (Å²) in [7, 11) is 0. The van der Waals surface area contributed by atoms with Gasteiger partial charge in [-0.3, -0.25) is 0 Å². The Kier molecular flexibility index (Phi) is 5.77. The highest BCUT2D eigenvalue weighted by Crippen LogP contribution is 2.26. The van der Waals surface area contributed by atoms with Crippen LogP contribution in [0.3, 0.4) is 0 Å². The van der Waals surface area contributed by atoms with Crippen molar-refractivity contribution in [2.75, 3.05) is 26.2 Å². The average Bonchev–Trinajstić information content (AvgIpc) is 3.14. The SMILES string of the molecule is Cc1c(C(/C=C/N2CCNCC2)Cc2ccccc2)cnn1-c1ncccn1. The quantitative estimate of drug-likeness (QED) is 0.719. The summed E-state index contributed by atoms with van der Waals surface area (Å²) < 4.78 is 1.83. The highest BCUT2D eigenvalue weighted by molar-refractivity contribution is 5.32. The van der Waals surface area contributed by atoms with Gasteiger partial charge in [0.15, 0.2) is 0 Å². The molecule has 6 nitrogen and oxygen atoms in total. The summed E-state index contributed by atoms with van der Waals surface area (Å²) in [5, 5.41) is 7.98. The van der Waals surface area contributed by atoms with Crippen LogP contribution in [0.15, 0.2) is 67.3 Å². The van der Waals surface area contributed by atoms with Crippen LogP contribution in [0.4, 0.5) is 0 Å². The lowest BCUT2D eigenvalue weighted by Gasteiger charge is -2.26. The molecule has 0 amide bonds. The molecule has 1 aliphatic rings. The van der Waals surface area contributed by atoms with Crippen molar-refractivity contribution in [1.29, 1.82) is 0 Å². The molecule has 0 saturated carbocycles. The van der Waals surface area contributed by atoms with Gasteiger partial charge in [0, 0.05) is 55.7 Å². The first kappa shape index (κ1) is 18.4. The van der Waals surface area contributed by atoms with Crippen molar-refractivity contribution < 1.29 is 0 Å². The van der Waals surface area contributed by atoms with Gasteiger partial charge >= 0.3 is 0 Å². The Morgan fingerprint density at radius 1 is 1.07 bits per heavy atom. The van der Waals surface area contributed by atoms with Crippen LogP contribution in [0.5, 0.6) is 0 Å². The van der Waals surface area contributed by atoms with Crippen molar-refractivity contribution in [2.45, 2.75) is 19.3 Å². The molecule has 1 atom stereocenters. The molecule has 1 N–H and O–H groups in total. The molecule has 1 fully saturated rings. The summed E-state index contributed by atoms with van der Waals surface area (Å²) in [6, 6.07) is 12.4. The van der Waals surface area contributed by atoms with E-state index in [2.05, 4.69) is 74.8 Å². The number of nitrogens with one attached hydrogen (secondary N) is 1. The van der Waals surface area contributed by atoms with Gasteiger partial charge < -0.3 is 10.2 Å². The molecule has 4 rings (SSSR count). The summed E-state index contributed by atoms with van der Waals surface area (Å²) >= 11 is 0. The summed E-state index contributed by atoms with van der Waals surface area (Å²) in [6.07, 6.45) is 11.0. The average molecular weight is 374 g/mol. The smallest absolute Gasteiger partial charge is 0.250 e. The fourth-order valence-electron chi connectivity index (χ4n) is 3.60. The third-order valence-corrected chi connectivity index (χ3v) is 5.17. The maximum atomic E-state index is 4.58. The summed E-state index contributed by atoms with van der Waals surface area (Å²) in [4.78, 5) is 11.1. The Balaban J connectivity index is 1.63. The van der Waals surface area contributed by atoms with Gasteiger partial charge in [-0.25, -0.2) is 14.6 Å². The predicted octanol–water partition coefficient (Wildman–Crippen LogP) is 2.72. The van der Waals surface area contributed by atoms with E-state index in [-0.39, 0.29) is 5.92 Å². The fourth-order valence-corrected chi connectivity index (χ4v) is 3.60. The molecule has 0 spiro atoms. The highest BCUT2D eigenvalue weighted by atomic mass is 15.3. The maximum absolute atomic E-state index is 4.58. The van der Waals surface area contributed by atoms with Crippen LogP contribution in [0, 0.1) is 6.92 Å². The minimum Gasteiger partial charge on any atom is -0.375 e. The molecular weight excluding hydrogens is 348 g/mol. The Labute approximate surface area is 165 Å². The van der Waals surface area contributed by atoms with Gasteiger partial charge in [-0.2, -0.15) is 5.10 Å². The molecule has 1 aromatic carbocycles. The third kappa shape index (κ3) is 4.28. The van der Waals surface area contributed by atoms with Crippen LogP contribution >= 0.6 is 0 Å². The van der Waals surface area contributed by atoms with Crippen molar-refractivity contribution in [1.82, 2.24) is 30.0 Å². The lowest BCUT2D eigenvalue weighted by molar-refractivity contribution is 0.323. The monoisotopic (exact) mass is 374 g/mol. The largest absolute Gasteiger partial charge is 0.375 e. The van der Waals surface area contributed by atoms with Crippen LogP contribution in [0.25, 0.3) is 5.95 Å². The first-order valence-electron chi connectivity index (χ1n) is 9.80. The van der Waals surface area contributed by atoms with Gasteiger partial charge in [0.05, 0.1) is 6.20 Å². The Bertz CT molecular complexity index is 897. The van der Waals surface area contributed by atoms with Crippen LogP contribution in [-0.2, 0) is 6.42 Å². The standard InChI is InChI=1S/C22H26N6/c1-18-21(17-26-28(18)22-24-9-5-10-25-22)20(16-19-6-3-2-4-7-19)8-13-27-14-11-23-12-15-27/h2-10,13,17,20,23H,11-12,14-16H2,1H3/b13-8+. The minimum absolute atomic E-state index is 0.245. The number of benzene rings is 1. The molecule has 1 saturated heterocycles. The van der Waals surface area contributed by atoms with E-state index in [0.717, 1.165) is 38.3 Å². The molecule has 6 heteroatoms. The molecule has 28 heavy (non-hydrogen) atoms. The number of rotatable bonds is 6. The van der Waals surface area contributed by atoms with Gasteiger partial charge in [-0.05, 0) is 31.2 Å². The lowest BCUT2D eigenvalue weighted by atomic mass is 9.92. The number of nitrogens with zero attached hydrogens (tertiary/aromatic N) is 5. The molecule has 0 bridgehead atoms. The first-order chi connectivity index (χ1) is 13.8. The van der Waals surface area contributed by atoms with Gasteiger partial charge in [0.1, 0.15) is 0 Å². The Morgan fingerprint density at radius 2 is 1.82 bits per heavy atom. The second-order valence-electron chi connectivity index (χ2n) is 7.07. The number of hydrogen-bond acceptors (Lipinski definition) is 5. The fraction of sp³-hybridized carbons (Fsp3) is 0.318. The minimum atomic E-state index is 0.245. The molecule has 0 radical (unpaired) electrons. The number of aromatic nitrogens is 4. The molecule has 0 aliphatic carbocycles. The zero-order valence-electron chi connectivity index (χ0n) is 16.2. The first-order valence-corrected chi connectivity index (χ1v) is 9.80. The predicted molar refractivity (Wildman–Crippen MR) is 110 cm³/mol. The summed E-state index contributed by atoms with van der Waals surface area (Å²) in [6.45, 7) is 6.26. The number of hydrogen-bond donors (Lipinski definition) is 1. The maximum Gasteiger partial charge on any atom is 0.250 e. The van der Waals surface area contributed by atoms with Crippen molar-refractivity contribution >= 4 is 0 Å². The van der Waals surface area contributed by atoms with Crippen molar-refractivity contribution in [3.63, 3.8) is 0 Å². The zero-order chi connectivity index (χ0) is 19.2. The third-order valence-electron chi connectivity index (χ3n) is 5.17. The van der Waals surface area contributed by atoms with E-state index in [1.165, 1.54) is 11.1 Å². The lowest BCUT2D eigenvalue weighted by Crippen LogP contribution is -2.40. The van der Waals surface area contributed by atoms with Crippen LogP contribution in [0.1, 0.15) is 22.7 Å². The molecule has 144 valence electrons. The van der Waals surface area contributed by atoms with E-state index in [4.69, 9.17) is 0 Å². The van der Waals surface area contributed by atoms with Gasteiger partial charge in [-0.15, -0.1) is 0 Å². The molecule has 3 aromatic rings. The summed E-state index contributed by atoms with van der Waals surface area (Å²) in [5.74, 6) is 0.852. The van der Waals surface area contributed by atoms with Crippen molar-refractivity contribution in [3.05, 3.63) is 84.1 Å². The zero-order valence-corrected chi connectivity index (χ0v) is 16.2. The Hall–Kier alpha value is -2.99. The van der Waals surface area contributed by atoms with Gasteiger partial charge in [-0.1, -0.05) is 36.4 Å². The molecule has 2 aromatic heterocycles. The molecule has 1 unspecified atom stereocenters. The van der Waals surface area contributed by atoms with Gasteiger partial charge in [0.2, 0.25) is 0 Å². The second kappa shape index (κ2) is 8.80. The molecular formula is C22H26N6. The topological polar surface area (TPSA) is 58.9 Å². The van der Waals surface area contributed by atoms with Gasteiger partial charge in [0.25, 0.3) is 5.95 Å². The summed E-state index contributed by atoms with van der Waals surface area (Å²) in [5.41, 5.74) is 3.61. The number of allylic oxidation sites excluding steroid dienone is 1. The van der Waals surface area contributed by atoms with Crippen LogP contribution < -0.4 is 5.32 Å². The van der Waals surface area contributed by atoms with E-state index in [9.17, 15) is 0 Å². The van der Waals surface area contributed by atoms with Crippen molar-refractivity contribution in [3.8, 4) is 5.95 Å². The van der Waals surface area contributed by atoms with Crippen LogP contribution in [0.2, 0.25) is 0 Å². The van der Waals surface area contributed by atoms with Crippen molar-refractivity contribution in [2.24, 2.45) is 0 Å². The van der Waals surface area contributed by atoms with E-state index >= 15 is 0 Å².